The highest BCUT2D eigenvalue weighted by atomic mass is 35.5. The summed E-state index contributed by atoms with van der Waals surface area (Å²) in [5, 5.41) is 6.10. The molecule has 14 heavy (non-hydrogen) atoms. The number of hydrogen-bond donors (Lipinski definition) is 2. The van der Waals surface area contributed by atoms with Gasteiger partial charge in [0, 0.05) is 13.0 Å². The average Bonchev–Trinajstić information content (AvgIpc) is 2.98. The fourth-order valence-corrected chi connectivity index (χ4v) is 2.49. The van der Waals surface area contributed by atoms with Gasteiger partial charge in [0.2, 0.25) is 5.91 Å². The minimum Gasteiger partial charge on any atom is -0.359 e. The van der Waals surface area contributed by atoms with Gasteiger partial charge in [-0.3, -0.25) is 4.79 Å². The Morgan fingerprint density at radius 1 is 1.36 bits per heavy atom. The number of rotatable bonds is 2. The van der Waals surface area contributed by atoms with Gasteiger partial charge >= 0.3 is 0 Å². The van der Waals surface area contributed by atoms with Crippen molar-refractivity contribution in [2.45, 2.75) is 19.3 Å². The molecule has 3 nitrogen and oxygen atoms in total. The molecule has 1 aliphatic carbocycles. The van der Waals surface area contributed by atoms with Gasteiger partial charge in [-0.2, -0.15) is 0 Å². The second-order valence-electron chi connectivity index (χ2n) is 4.21. The van der Waals surface area contributed by atoms with E-state index < -0.39 is 0 Å². The lowest BCUT2D eigenvalue weighted by Crippen LogP contribution is -2.30. The van der Waals surface area contributed by atoms with E-state index in [1.54, 1.807) is 7.05 Å². The van der Waals surface area contributed by atoms with Crippen molar-refractivity contribution in [2.24, 2.45) is 17.8 Å². The summed E-state index contributed by atoms with van der Waals surface area (Å²) >= 11 is 0. The van der Waals surface area contributed by atoms with Crippen LogP contribution in [0.3, 0.4) is 0 Å². The zero-order chi connectivity index (χ0) is 9.26. The molecule has 4 heteroatoms. The Bertz CT molecular complexity index is 204. The Morgan fingerprint density at radius 3 is 2.57 bits per heavy atom. The Morgan fingerprint density at radius 2 is 2.00 bits per heavy atom. The monoisotopic (exact) mass is 218 g/mol. The van der Waals surface area contributed by atoms with Crippen LogP contribution in [-0.4, -0.2) is 26.0 Å². The quantitative estimate of drug-likeness (QED) is 0.720. The van der Waals surface area contributed by atoms with Crippen molar-refractivity contribution in [2.75, 3.05) is 20.1 Å². The first-order chi connectivity index (χ1) is 6.33. The highest BCUT2D eigenvalue weighted by Gasteiger charge is 2.46. The van der Waals surface area contributed by atoms with E-state index in [0.29, 0.717) is 11.8 Å². The Kier molecular flexibility index (Phi) is 4.20. The molecule has 0 spiro atoms. The number of piperidine rings is 1. The van der Waals surface area contributed by atoms with Gasteiger partial charge in [-0.15, -0.1) is 12.4 Å². The van der Waals surface area contributed by atoms with E-state index in [2.05, 4.69) is 10.6 Å². The average molecular weight is 219 g/mol. The van der Waals surface area contributed by atoms with Crippen molar-refractivity contribution in [3.05, 3.63) is 0 Å². The molecule has 2 rings (SSSR count). The lowest BCUT2D eigenvalue weighted by molar-refractivity contribution is -0.122. The van der Waals surface area contributed by atoms with Gasteiger partial charge in [-0.05, 0) is 44.2 Å². The molecule has 1 heterocycles. The lowest BCUT2D eigenvalue weighted by atomic mass is 9.92. The van der Waals surface area contributed by atoms with Crippen molar-refractivity contribution in [1.29, 1.82) is 0 Å². The first-order valence-corrected chi connectivity index (χ1v) is 5.25. The van der Waals surface area contributed by atoms with E-state index >= 15 is 0 Å². The predicted molar refractivity (Wildman–Crippen MR) is 58.5 cm³/mol. The van der Waals surface area contributed by atoms with Gasteiger partial charge in [0.05, 0.1) is 0 Å². The largest absolute Gasteiger partial charge is 0.359 e. The van der Waals surface area contributed by atoms with Crippen molar-refractivity contribution in [3.63, 3.8) is 0 Å². The number of carbonyl (C=O) groups excluding carboxylic acids is 1. The van der Waals surface area contributed by atoms with E-state index in [-0.39, 0.29) is 18.3 Å². The molecule has 0 aromatic carbocycles. The molecule has 0 bridgehead atoms. The molecule has 1 amide bonds. The summed E-state index contributed by atoms with van der Waals surface area (Å²) in [6.07, 6.45) is 3.65. The SMILES string of the molecule is CNC(=O)C1CC1C1CCNCC1.Cl. The van der Waals surface area contributed by atoms with Gasteiger partial charge in [0.25, 0.3) is 0 Å². The Balaban J connectivity index is 0.000000980. The zero-order valence-corrected chi connectivity index (χ0v) is 9.40. The third-order valence-corrected chi connectivity index (χ3v) is 3.41. The molecule has 0 aromatic heterocycles. The highest BCUT2D eigenvalue weighted by Crippen LogP contribution is 2.47. The molecule has 2 unspecified atom stereocenters. The minimum atomic E-state index is 0. The van der Waals surface area contributed by atoms with Crippen LogP contribution in [0.2, 0.25) is 0 Å². The van der Waals surface area contributed by atoms with Crippen LogP contribution in [0.15, 0.2) is 0 Å². The van der Waals surface area contributed by atoms with Crippen molar-refractivity contribution < 1.29 is 4.79 Å². The maximum absolute atomic E-state index is 11.3. The minimum absolute atomic E-state index is 0. The number of amides is 1. The molecule has 1 aliphatic heterocycles. The van der Waals surface area contributed by atoms with Crippen molar-refractivity contribution >= 4 is 18.3 Å². The van der Waals surface area contributed by atoms with E-state index in [4.69, 9.17) is 0 Å². The van der Waals surface area contributed by atoms with Crippen molar-refractivity contribution in [1.82, 2.24) is 10.6 Å². The summed E-state index contributed by atoms with van der Waals surface area (Å²) in [7, 11) is 1.74. The number of nitrogens with one attached hydrogen (secondary N) is 2. The van der Waals surface area contributed by atoms with Crippen LogP contribution in [0.5, 0.6) is 0 Å². The van der Waals surface area contributed by atoms with E-state index in [9.17, 15) is 4.79 Å². The molecule has 0 aromatic rings. The van der Waals surface area contributed by atoms with E-state index in [1.807, 2.05) is 0 Å². The molecule has 2 N–H and O–H groups in total. The molecule has 2 atom stereocenters. The van der Waals surface area contributed by atoms with Crippen LogP contribution in [0.4, 0.5) is 0 Å². The van der Waals surface area contributed by atoms with Crippen LogP contribution in [-0.2, 0) is 4.79 Å². The third kappa shape index (κ3) is 2.39. The second kappa shape index (κ2) is 4.99. The van der Waals surface area contributed by atoms with E-state index in [1.165, 1.54) is 12.8 Å². The highest BCUT2D eigenvalue weighted by molar-refractivity contribution is 5.85. The molecule has 82 valence electrons. The van der Waals surface area contributed by atoms with Crippen LogP contribution >= 0.6 is 12.4 Å². The first kappa shape index (κ1) is 11.8. The predicted octanol–water partition coefficient (Wildman–Crippen LogP) is 0.790. The molecular formula is C10H19ClN2O. The molecule has 2 aliphatic rings. The normalized spacial score (nSPS) is 31.8. The number of hydrogen-bond acceptors (Lipinski definition) is 2. The fraction of sp³-hybridized carbons (Fsp3) is 0.900. The molecule has 1 saturated carbocycles. The van der Waals surface area contributed by atoms with Crippen LogP contribution in [0, 0.1) is 17.8 Å². The second-order valence-corrected chi connectivity index (χ2v) is 4.21. The van der Waals surface area contributed by atoms with Crippen molar-refractivity contribution in [3.8, 4) is 0 Å². The third-order valence-electron chi connectivity index (χ3n) is 3.41. The summed E-state index contributed by atoms with van der Waals surface area (Å²) in [6, 6.07) is 0. The maximum Gasteiger partial charge on any atom is 0.223 e. The maximum atomic E-state index is 11.3. The fourth-order valence-electron chi connectivity index (χ4n) is 2.49. The van der Waals surface area contributed by atoms with Gasteiger partial charge in [0.15, 0.2) is 0 Å². The summed E-state index contributed by atoms with van der Waals surface area (Å²) < 4.78 is 0. The zero-order valence-electron chi connectivity index (χ0n) is 8.58. The summed E-state index contributed by atoms with van der Waals surface area (Å²) in [4.78, 5) is 11.3. The summed E-state index contributed by atoms with van der Waals surface area (Å²) in [6.45, 7) is 2.28. The molecular weight excluding hydrogens is 200 g/mol. The lowest BCUT2D eigenvalue weighted by Gasteiger charge is -2.22. The molecule has 0 radical (unpaired) electrons. The number of halogens is 1. The molecule has 2 fully saturated rings. The Hall–Kier alpha value is -0.280. The van der Waals surface area contributed by atoms with E-state index in [0.717, 1.165) is 25.4 Å². The summed E-state index contributed by atoms with van der Waals surface area (Å²) in [5.74, 6) is 2.10. The standard InChI is InChI=1S/C10H18N2O.ClH/c1-11-10(13)9-6-8(9)7-2-4-12-5-3-7;/h7-9,12H,2-6H2,1H3,(H,11,13);1H. The Labute approximate surface area is 91.4 Å². The van der Waals surface area contributed by atoms with Crippen LogP contribution in [0.1, 0.15) is 19.3 Å². The van der Waals surface area contributed by atoms with Gasteiger partial charge in [-0.25, -0.2) is 0 Å². The smallest absolute Gasteiger partial charge is 0.223 e. The van der Waals surface area contributed by atoms with Gasteiger partial charge in [0.1, 0.15) is 0 Å². The number of carbonyl (C=O) groups is 1. The van der Waals surface area contributed by atoms with Gasteiger partial charge in [-0.1, -0.05) is 0 Å². The summed E-state index contributed by atoms with van der Waals surface area (Å²) in [5.41, 5.74) is 0. The molecule has 1 saturated heterocycles. The first-order valence-electron chi connectivity index (χ1n) is 5.25. The van der Waals surface area contributed by atoms with Crippen LogP contribution < -0.4 is 10.6 Å². The topological polar surface area (TPSA) is 41.1 Å². The van der Waals surface area contributed by atoms with Crippen LogP contribution in [0.25, 0.3) is 0 Å². The van der Waals surface area contributed by atoms with Gasteiger partial charge < -0.3 is 10.6 Å².